The van der Waals surface area contributed by atoms with E-state index in [9.17, 15) is 4.79 Å². The minimum atomic E-state index is 0.114. The van der Waals surface area contributed by atoms with Gasteiger partial charge >= 0.3 is 0 Å². The maximum Gasteiger partial charge on any atom is 0.219 e. The Bertz CT molecular complexity index is 956. The minimum absolute atomic E-state index is 0.114. The minimum Gasteiger partial charge on any atom is -0.365 e. The zero-order valence-electron chi connectivity index (χ0n) is 14.4. The molecule has 1 fully saturated rings. The van der Waals surface area contributed by atoms with Crippen LogP contribution in [0.1, 0.15) is 19.8 Å². The molecule has 0 saturated carbocycles. The number of pyridine rings is 1. The van der Waals surface area contributed by atoms with Crippen molar-refractivity contribution in [3.63, 3.8) is 0 Å². The van der Waals surface area contributed by atoms with Crippen LogP contribution in [0.3, 0.4) is 0 Å². The molecule has 0 unspecified atom stereocenters. The Morgan fingerprint density at radius 2 is 2.31 bits per heavy atom. The number of aromatic nitrogens is 4. The van der Waals surface area contributed by atoms with E-state index < -0.39 is 0 Å². The summed E-state index contributed by atoms with van der Waals surface area (Å²) in [5, 5.41) is 4.88. The van der Waals surface area contributed by atoms with Crippen LogP contribution in [-0.4, -0.2) is 49.9 Å². The first-order valence-electron chi connectivity index (χ1n) is 8.58. The van der Waals surface area contributed by atoms with Gasteiger partial charge in [-0.15, -0.1) is 0 Å². The zero-order chi connectivity index (χ0) is 18.1. The number of carbonyl (C=O) groups is 1. The monoisotopic (exact) mass is 370 g/mol. The van der Waals surface area contributed by atoms with E-state index in [1.165, 1.54) is 0 Å². The summed E-state index contributed by atoms with van der Waals surface area (Å²) >= 11 is 6.07. The lowest BCUT2D eigenvalue weighted by atomic mass is 10.1. The number of aromatic amines is 1. The number of fused-ring (bicyclic) bond motifs is 1. The maximum atomic E-state index is 11.6. The lowest BCUT2D eigenvalue weighted by molar-refractivity contribution is -0.129. The van der Waals surface area contributed by atoms with Crippen LogP contribution in [0.2, 0.25) is 5.02 Å². The van der Waals surface area contributed by atoms with Gasteiger partial charge in [-0.25, -0.2) is 15.0 Å². The molecule has 4 rings (SSSR count). The standard InChI is InChI=1S/C18H19ClN6O/c1-11(26)25-6-2-3-13(10-25)23-16-4-5-20-18(24-16)15-9-22-17-14(15)7-12(19)8-21-17/h4-5,7-9,13H,2-3,6,10H2,1H3,(H,21,22)(H,20,23,24)/t13-/m0/s1. The Hall–Kier alpha value is -2.67. The van der Waals surface area contributed by atoms with Crippen molar-refractivity contribution in [3.8, 4) is 11.4 Å². The molecule has 0 aromatic carbocycles. The maximum absolute atomic E-state index is 11.6. The number of nitrogens with one attached hydrogen (secondary N) is 2. The van der Waals surface area contributed by atoms with Gasteiger partial charge in [-0.3, -0.25) is 4.79 Å². The fraction of sp³-hybridized carbons (Fsp3) is 0.333. The molecule has 1 amide bonds. The van der Waals surface area contributed by atoms with Crippen molar-refractivity contribution >= 4 is 34.4 Å². The third kappa shape index (κ3) is 3.35. The third-order valence-electron chi connectivity index (χ3n) is 4.61. The summed E-state index contributed by atoms with van der Waals surface area (Å²) in [7, 11) is 0. The van der Waals surface area contributed by atoms with Crippen LogP contribution in [0.4, 0.5) is 5.82 Å². The predicted molar refractivity (Wildman–Crippen MR) is 101 cm³/mol. The summed E-state index contributed by atoms with van der Waals surface area (Å²) in [5.74, 6) is 1.46. The number of amides is 1. The van der Waals surface area contributed by atoms with Gasteiger partial charge in [0.05, 0.1) is 5.02 Å². The summed E-state index contributed by atoms with van der Waals surface area (Å²) in [6, 6.07) is 3.89. The topological polar surface area (TPSA) is 86.8 Å². The van der Waals surface area contributed by atoms with E-state index in [1.54, 1.807) is 19.3 Å². The van der Waals surface area contributed by atoms with Crippen molar-refractivity contribution < 1.29 is 4.79 Å². The van der Waals surface area contributed by atoms with E-state index in [-0.39, 0.29) is 11.9 Å². The van der Waals surface area contributed by atoms with Crippen LogP contribution in [0.5, 0.6) is 0 Å². The summed E-state index contributed by atoms with van der Waals surface area (Å²) in [4.78, 5) is 29.9. The fourth-order valence-corrected chi connectivity index (χ4v) is 3.48. The van der Waals surface area contributed by atoms with E-state index in [0.29, 0.717) is 17.4 Å². The average Bonchev–Trinajstić information content (AvgIpc) is 3.05. The molecule has 134 valence electrons. The molecule has 3 aromatic rings. The molecule has 8 heteroatoms. The third-order valence-corrected chi connectivity index (χ3v) is 4.82. The number of piperidine rings is 1. The molecular formula is C18H19ClN6O. The molecule has 7 nitrogen and oxygen atoms in total. The van der Waals surface area contributed by atoms with Gasteiger partial charge in [-0.2, -0.15) is 0 Å². The molecule has 1 saturated heterocycles. The van der Waals surface area contributed by atoms with Crippen molar-refractivity contribution in [1.29, 1.82) is 0 Å². The first-order valence-corrected chi connectivity index (χ1v) is 8.96. The van der Waals surface area contributed by atoms with Crippen LogP contribution in [0.25, 0.3) is 22.4 Å². The molecule has 4 heterocycles. The van der Waals surface area contributed by atoms with Gasteiger partial charge in [0, 0.05) is 55.6 Å². The molecule has 0 spiro atoms. The molecule has 0 radical (unpaired) electrons. The molecule has 0 bridgehead atoms. The molecule has 1 aliphatic rings. The molecule has 2 N–H and O–H groups in total. The van der Waals surface area contributed by atoms with Crippen LogP contribution >= 0.6 is 11.6 Å². The highest BCUT2D eigenvalue weighted by molar-refractivity contribution is 6.31. The van der Waals surface area contributed by atoms with Gasteiger partial charge in [0.15, 0.2) is 5.82 Å². The second-order valence-corrected chi connectivity index (χ2v) is 6.90. The highest BCUT2D eigenvalue weighted by atomic mass is 35.5. The number of H-pyrrole nitrogens is 1. The number of carbonyl (C=O) groups excluding carboxylic acids is 1. The highest BCUT2D eigenvalue weighted by Gasteiger charge is 2.22. The number of nitrogens with zero attached hydrogens (tertiary/aromatic N) is 4. The lowest BCUT2D eigenvalue weighted by Crippen LogP contribution is -2.44. The summed E-state index contributed by atoms with van der Waals surface area (Å²) < 4.78 is 0. The van der Waals surface area contributed by atoms with E-state index >= 15 is 0 Å². The Kier molecular flexibility index (Phi) is 4.46. The number of anilines is 1. The second kappa shape index (κ2) is 6.92. The lowest BCUT2D eigenvalue weighted by Gasteiger charge is -2.32. The number of rotatable bonds is 3. The van der Waals surface area contributed by atoms with Crippen LogP contribution in [-0.2, 0) is 4.79 Å². The van der Waals surface area contributed by atoms with Gasteiger partial charge < -0.3 is 15.2 Å². The van der Waals surface area contributed by atoms with E-state index in [2.05, 4.69) is 25.3 Å². The normalized spacial score (nSPS) is 17.5. The summed E-state index contributed by atoms with van der Waals surface area (Å²) in [6.45, 7) is 3.13. The zero-order valence-corrected chi connectivity index (χ0v) is 15.1. The van der Waals surface area contributed by atoms with Crippen LogP contribution in [0.15, 0.2) is 30.7 Å². The summed E-state index contributed by atoms with van der Waals surface area (Å²) in [6.07, 6.45) is 7.17. The molecule has 3 aromatic heterocycles. The first kappa shape index (κ1) is 16.8. The summed E-state index contributed by atoms with van der Waals surface area (Å²) in [5.41, 5.74) is 1.60. The van der Waals surface area contributed by atoms with Crippen molar-refractivity contribution in [1.82, 2.24) is 24.8 Å². The molecule has 1 atom stereocenters. The van der Waals surface area contributed by atoms with Crippen molar-refractivity contribution in [2.75, 3.05) is 18.4 Å². The largest absolute Gasteiger partial charge is 0.365 e. The van der Waals surface area contributed by atoms with Gasteiger partial charge in [0.2, 0.25) is 5.91 Å². The quantitative estimate of drug-likeness (QED) is 0.739. The Morgan fingerprint density at radius 1 is 1.42 bits per heavy atom. The van der Waals surface area contributed by atoms with Crippen LogP contribution < -0.4 is 5.32 Å². The fourth-order valence-electron chi connectivity index (χ4n) is 3.32. The smallest absolute Gasteiger partial charge is 0.219 e. The number of halogens is 1. The van der Waals surface area contributed by atoms with Gasteiger partial charge in [0.1, 0.15) is 11.5 Å². The van der Waals surface area contributed by atoms with Crippen molar-refractivity contribution in [3.05, 3.63) is 35.7 Å². The number of hydrogen-bond donors (Lipinski definition) is 2. The van der Waals surface area contributed by atoms with Crippen molar-refractivity contribution in [2.45, 2.75) is 25.8 Å². The SMILES string of the molecule is CC(=O)N1CCC[C@H](Nc2ccnc(-c3c[nH]c4ncc(Cl)cc34)n2)C1. The second-order valence-electron chi connectivity index (χ2n) is 6.47. The van der Waals surface area contributed by atoms with Crippen LogP contribution in [0, 0.1) is 0 Å². The number of hydrogen-bond acceptors (Lipinski definition) is 5. The van der Waals surface area contributed by atoms with E-state index in [4.69, 9.17) is 11.6 Å². The Labute approximate surface area is 155 Å². The molecular weight excluding hydrogens is 352 g/mol. The van der Waals surface area contributed by atoms with E-state index in [1.807, 2.05) is 23.2 Å². The molecule has 26 heavy (non-hydrogen) atoms. The molecule has 1 aliphatic heterocycles. The van der Waals surface area contributed by atoms with Gasteiger partial charge in [-0.1, -0.05) is 11.6 Å². The Balaban J connectivity index is 1.58. The molecule has 0 aliphatic carbocycles. The average molecular weight is 371 g/mol. The number of likely N-dealkylation sites (tertiary alicyclic amines) is 1. The Morgan fingerprint density at radius 3 is 3.15 bits per heavy atom. The van der Waals surface area contributed by atoms with Crippen molar-refractivity contribution in [2.24, 2.45) is 0 Å². The van der Waals surface area contributed by atoms with Gasteiger partial charge in [0.25, 0.3) is 0 Å². The van der Waals surface area contributed by atoms with Gasteiger partial charge in [-0.05, 0) is 25.0 Å². The first-order chi connectivity index (χ1) is 12.6. The predicted octanol–water partition coefficient (Wildman–Crippen LogP) is 3.10. The van der Waals surface area contributed by atoms with E-state index in [0.717, 1.165) is 41.8 Å². The highest BCUT2D eigenvalue weighted by Crippen LogP contribution is 2.27.